The summed E-state index contributed by atoms with van der Waals surface area (Å²) in [5, 5.41) is 0. The first kappa shape index (κ1) is 15.5. The van der Waals surface area contributed by atoms with Crippen molar-refractivity contribution in [3.63, 3.8) is 0 Å². The van der Waals surface area contributed by atoms with Gasteiger partial charge >= 0.3 is 0 Å². The van der Waals surface area contributed by atoms with Gasteiger partial charge in [-0.25, -0.2) is 0 Å². The summed E-state index contributed by atoms with van der Waals surface area (Å²) in [6.07, 6.45) is 5.15. The lowest BCUT2D eigenvalue weighted by molar-refractivity contribution is -0.137. The third kappa shape index (κ3) is 3.35. The van der Waals surface area contributed by atoms with Crippen LogP contribution in [0.3, 0.4) is 0 Å². The Kier molecular flexibility index (Phi) is 4.81. The van der Waals surface area contributed by atoms with Crippen LogP contribution in [0.2, 0.25) is 0 Å². The lowest BCUT2D eigenvalue weighted by atomic mass is 9.94. The minimum Gasteiger partial charge on any atom is -0.342 e. The fraction of sp³-hybridized carbons (Fsp3) is 0.647. The largest absolute Gasteiger partial charge is 0.342 e. The molecule has 4 nitrogen and oxygen atoms in total. The average Bonchev–Trinajstić information content (AvgIpc) is 3.01. The van der Waals surface area contributed by atoms with E-state index in [1.54, 1.807) is 11.3 Å². The Balaban J connectivity index is 1.53. The summed E-state index contributed by atoms with van der Waals surface area (Å²) in [7, 11) is 0. The Bertz CT molecular complexity index is 541. The van der Waals surface area contributed by atoms with Crippen LogP contribution in [-0.4, -0.2) is 47.8 Å². The van der Waals surface area contributed by atoms with Gasteiger partial charge in [0.1, 0.15) is 0 Å². The Hall–Kier alpha value is -1.36. The molecule has 2 fully saturated rings. The number of thiophene rings is 1. The molecule has 0 spiro atoms. The Morgan fingerprint density at radius 2 is 1.68 bits per heavy atom. The fourth-order valence-corrected chi connectivity index (χ4v) is 4.24. The van der Waals surface area contributed by atoms with Crippen LogP contribution < -0.4 is 0 Å². The molecule has 2 saturated heterocycles. The summed E-state index contributed by atoms with van der Waals surface area (Å²) in [6, 6.07) is 3.90. The molecule has 0 aromatic carbocycles. The second kappa shape index (κ2) is 6.82. The molecule has 0 unspecified atom stereocenters. The van der Waals surface area contributed by atoms with Gasteiger partial charge in [0, 0.05) is 37.0 Å². The first-order valence-corrected chi connectivity index (χ1v) is 9.11. The fourth-order valence-electron chi connectivity index (χ4n) is 3.41. The van der Waals surface area contributed by atoms with Gasteiger partial charge in [-0.15, -0.1) is 11.3 Å². The monoisotopic (exact) mass is 320 g/mol. The number of aryl methyl sites for hydroxylation is 1. The van der Waals surface area contributed by atoms with Gasteiger partial charge < -0.3 is 9.80 Å². The summed E-state index contributed by atoms with van der Waals surface area (Å²) >= 11 is 1.55. The smallest absolute Gasteiger partial charge is 0.263 e. The SMILES string of the molecule is Cc1ccc(C(=O)N2CCC(C(=O)N3CCCCC3)CC2)s1. The first-order valence-electron chi connectivity index (χ1n) is 8.29. The van der Waals surface area contributed by atoms with Crippen LogP contribution in [0, 0.1) is 12.8 Å². The van der Waals surface area contributed by atoms with E-state index in [0.717, 1.165) is 43.6 Å². The number of piperidine rings is 2. The molecule has 0 aliphatic carbocycles. The quantitative estimate of drug-likeness (QED) is 0.840. The summed E-state index contributed by atoms with van der Waals surface area (Å²) < 4.78 is 0. The summed E-state index contributed by atoms with van der Waals surface area (Å²) in [5.41, 5.74) is 0. The molecule has 0 saturated carbocycles. The standard InChI is InChI=1S/C17H24N2O2S/c1-13-5-6-15(22-13)17(21)19-11-7-14(8-12-19)16(20)18-9-3-2-4-10-18/h5-6,14H,2-4,7-12H2,1H3. The molecule has 3 rings (SSSR count). The van der Waals surface area contributed by atoms with Crippen molar-refractivity contribution in [3.8, 4) is 0 Å². The minimum absolute atomic E-state index is 0.118. The van der Waals surface area contributed by atoms with Crippen molar-refractivity contribution in [2.75, 3.05) is 26.2 Å². The van der Waals surface area contributed by atoms with Gasteiger partial charge in [0.15, 0.2) is 0 Å². The van der Waals surface area contributed by atoms with Crippen molar-refractivity contribution < 1.29 is 9.59 Å². The molecule has 22 heavy (non-hydrogen) atoms. The Labute approximate surface area is 136 Å². The van der Waals surface area contributed by atoms with Crippen molar-refractivity contribution in [3.05, 3.63) is 21.9 Å². The molecule has 2 amide bonds. The Morgan fingerprint density at radius 1 is 1.00 bits per heavy atom. The predicted molar refractivity (Wildman–Crippen MR) is 88.1 cm³/mol. The van der Waals surface area contributed by atoms with Crippen LogP contribution in [0.25, 0.3) is 0 Å². The molecule has 5 heteroatoms. The zero-order chi connectivity index (χ0) is 15.5. The molecular formula is C17H24N2O2S. The van der Waals surface area contributed by atoms with Gasteiger partial charge in [-0.05, 0) is 51.2 Å². The van der Waals surface area contributed by atoms with Crippen molar-refractivity contribution in [1.82, 2.24) is 9.80 Å². The molecule has 1 aromatic heterocycles. The first-order chi connectivity index (χ1) is 10.6. The van der Waals surface area contributed by atoms with E-state index in [2.05, 4.69) is 0 Å². The molecule has 0 radical (unpaired) electrons. The van der Waals surface area contributed by atoms with E-state index >= 15 is 0 Å². The van der Waals surface area contributed by atoms with Gasteiger partial charge in [0.25, 0.3) is 5.91 Å². The highest BCUT2D eigenvalue weighted by Crippen LogP contribution is 2.24. The number of carbonyl (C=O) groups is 2. The molecule has 0 bridgehead atoms. The minimum atomic E-state index is 0.118. The highest BCUT2D eigenvalue weighted by atomic mass is 32.1. The third-order valence-electron chi connectivity index (χ3n) is 4.75. The number of hydrogen-bond donors (Lipinski definition) is 0. The highest BCUT2D eigenvalue weighted by molar-refractivity contribution is 7.13. The normalized spacial score (nSPS) is 20.2. The van der Waals surface area contributed by atoms with Gasteiger partial charge in [-0.3, -0.25) is 9.59 Å². The van der Waals surface area contributed by atoms with E-state index in [9.17, 15) is 9.59 Å². The van der Waals surface area contributed by atoms with E-state index in [1.165, 1.54) is 11.3 Å². The van der Waals surface area contributed by atoms with Crippen LogP contribution >= 0.6 is 11.3 Å². The average molecular weight is 320 g/mol. The Morgan fingerprint density at radius 3 is 2.27 bits per heavy atom. The topological polar surface area (TPSA) is 40.6 Å². The molecule has 2 aliphatic heterocycles. The summed E-state index contributed by atoms with van der Waals surface area (Å²) in [6.45, 7) is 5.28. The van der Waals surface area contributed by atoms with Crippen molar-refractivity contribution >= 4 is 23.2 Å². The van der Waals surface area contributed by atoms with Crippen molar-refractivity contribution in [2.45, 2.75) is 39.0 Å². The number of carbonyl (C=O) groups excluding carboxylic acids is 2. The van der Waals surface area contributed by atoms with Gasteiger partial charge in [0.2, 0.25) is 5.91 Å². The third-order valence-corrected chi connectivity index (χ3v) is 5.74. The van der Waals surface area contributed by atoms with Gasteiger partial charge in [-0.2, -0.15) is 0 Å². The van der Waals surface area contributed by atoms with Crippen molar-refractivity contribution in [2.24, 2.45) is 5.92 Å². The van der Waals surface area contributed by atoms with Crippen LogP contribution in [0.4, 0.5) is 0 Å². The molecule has 3 heterocycles. The van der Waals surface area contributed by atoms with Gasteiger partial charge in [0.05, 0.1) is 4.88 Å². The zero-order valence-electron chi connectivity index (χ0n) is 13.2. The number of nitrogens with zero attached hydrogens (tertiary/aromatic N) is 2. The van der Waals surface area contributed by atoms with Crippen LogP contribution in [0.15, 0.2) is 12.1 Å². The number of rotatable bonds is 2. The van der Waals surface area contributed by atoms with E-state index in [4.69, 9.17) is 0 Å². The van der Waals surface area contributed by atoms with Crippen LogP contribution in [0.1, 0.15) is 46.7 Å². The molecular weight excluding hydrogens is 296 g/mol. The van der Waals surface area contributed by atoms with Gasteiger partial charge in [-0.1, -0.05) is 0 Å². The maximum absolute atomic E-state index is 12.5. The number of amides is 2. The molecule has 120 valence electrons. The second-order valence-corrected chi connectivity index (χ2v) is 7.65. The summed E-state index contributed by atoms with van der Waals surface area (Å²) in [5.74, 6) is 0.563. The molecule has 2 aliphatic rings. The van der Waals surface area contributed by atoms with E-state index in [0.29, 0.717) is 19.0 Å². The van der Waals surface area contributed by atoms with Crippen LogP contribution in [-0.2, 0) is 4.79 Å². The molecule has 0 atom stereocenters. The molecule has 1 aromatic rings. The maximum atomic E-state index is 12.5. The van der Waals surface area contributed by atoms with E-state index in [1.807, 2.05) is 28.9 Å². The lowest BCUT2D eigenvalue weighted by Gasteiger charge is -2.35. The second-order valence-electron chi connectivity index (χ2n) is 6.36. The summed E-state index contributed by atoms with van der Waals surface area (Å²) in [4.78, 5) is 30.9. The highest BCUT2D eigenvalue weighted by Gasteiger charge is 2.31. The van der Waals surface area contributed by atoms with Crippen molar-refractivity contribution in [1.29, 1.82) is 0 Å². The number of likely N-dealkylation sites (tertiary alicyclic amines) is 2. The maximum Gasteiger partial charge on any atom is 0.263 e. The number of hydrogen-bond acceptors (Lipinski definition) is 3. The zero-order valence-corrected chi connectivity index (χ0v) is 14.0. The molecule has 0 N–H and O–H groups in total. The lowest BCUT2D eigenvalue weighted by Crippen LogP contribution is -2.45. The predicted octanol–water partition coefficient (Wildman–Crippen LogP) is 2.92. The van der Waals surface area contributed by atoms with Crippen LogP contribution in [0.5, 0.6) is 0 Å². The van der Waals surface area contributed by atoms with E-state index < -0.39 is 0 Å². The van der Waals surface area contributed by atoms with E-state index in [-0.39, 0.29) is 11.8 Å².